The van der Waals surface area contributed by atoms with Crippen molar-refractivity contribution in [2.75, 3.05) is 19.6 Å². The first-order valence-corrected chi connectivity index (χ1v) is 11.5. The summed E-state index contributed by atoms with van der Waals surface area (Å²) in [7, 11) is 0. The molecule has 0 bridgehead atoms. The molecule has 3 aliphatic rings. The van der Waals surface area contributed by atoms with Crippen LogP contribution in [0, 0.1) is 19.3 Å². The van der Waals surface area contributed by atoms with E-state index in [9.17, 15) is 0 Å². The summed E-state index contributed by atoms with van der Waals surface area (Å²) in [5.74, 6) is 0. The summed E-state index contributed by atoms with van der Waals surface area (Å²) in [6.07, 6.45) is 28.5. The topological polar surface area (TPSA) is 3.24 Å². The number of hydrogen-bond donors (Lipinski definition) is 0. The van der Waals surface area contributed by atoms with Crippen molar-refractivity contribution in [1.82, 2.24) is 4.90 Å². The number of nitrogens with zero attached hydrogens (tertiary/aromatic N) is 1. The zero-order valence-electron chi connectivity index (χ0n) is 19.2. The SMILES string of the molecule is CCN(CC)CC.[CH-]1CCCCC1.[CH-]1CCCCC1.[CH-]1CCCCC1.[Cl-].[Cl-].[Sn+4]. The van der Waals surface area contributed by atoms with E-state index in [0.717, 1.165) is 0 Å². The van der Waals surface area contributed by atoms with Crippen molar-refractivity contribution in [3.63, 3.8) is 0 Å². The minimum Gasteiger partial charge on any atom is -1.00 e. The van der Waals surface area contributed by atoms with Gasteiger partial charge in [0.1, 0.15) is 0 Å². The van der Waals surface area contributed by atoms with Crippen molar-refractivity contribution in [2.24, 2.45) is 0 Å². The number of hydrogen-bond acceptors (Lipinski definition) is 1. The van der Waals surface area contributed by atoms with Crippen LogP contribution < -0.4 is 24.8 Å². The van der Waals surface area contributed by atoms with Gasteiger partial charge in [-0.1, -0.05) is 78.6 Å². The average molecular weight is 540 g/mol. The fraction of sp³-hybridized carbons (Fsp3) is 0.875. The van der Waals surface area contributed by atoms with Crippen LogP contribution in [0.2, 0.25) is 0 Å². The minimum absolute atomic E-state index is 0. The molecule has 4 heteroatoms. The molecular weight excluding hydrogens is 492 g/mol. The summed E-state index contributed by atoms with van der Waals surface area (Å²) < 4.78 is 0. The van der Waals surface area contributed by atoms with Gasteiger partial charge in [-0.2, -0.15) is 38.5 Å². The fourth-order valence-corrected chi connectivity index (χ4v) is 3.37. The molecule has 0 atom stereocenters. The monoisotopic (exact) mass is 540 g/mol. The summed E-state index contributed by atoms with van der Waals surface area (Å²) in [6.45, 7) is 10.1. The molecule has 0 aromatic heterocycles. The zero-order valence-corrected chi connectivity index (χ0v) is 23.5. The third-order valence-corrected chi connectivity index (χ3v) is 5.29. The Morgan fingerprint density at radius 3 is 0.714 bits per heavy atom. The Kier molecular flexibility index (Phi) is 43.2. The summed E-state index contributed by atoms with van der Waals surface area (Å²) >= 11 is 0. The van der Waals surface area contributed by atoms with Gasteiger partial charge in [0.15, 0.2) is 0 Å². The molecule has 168 valence electrons. The molecule has 0 N–H and O–H groups in total. The minimum atomic E-state index is 0. The fourth-order valence-electron chi connectivity index (χ4n) is 3.37. The van der Waals surface area contributed by atoms with Crippen molar-refractivity contribution < 1.29 is 24.8 Å². The van der Waals surface area contributed by atoms with Crippen LogP contribution in [-0.4, -0.2) is 48.4 Å². The van der Waals surface area contributed by atoms with E-state index in [0.29, 0.717) is 0 Å². The van der Waals surface area contributed by atoms with Gasteiger partial charge in [0.05, 0.1) is 0 Å². The first-order chi connectivity index (χ1) is 12.3. The van der Waals surface area contributed by atoms with Crippen LogP contribution >= 0.6 is 0 Å². The molecule has 0 saturated heterocycles. The van der Waals surface area contributed by atoms with Crippen molar-refractivity contribution in [1.29, 1.82) is 0 Å². The molecule has 0 radical (unpaired) electrons. The smallest absolute Gasteiger partial charge is 1.00 e. The molecule has 0 aliphatic heterocycles. The van der Waals surface area contributed by atoms with E-state index in [1.807, 2.05) is 0 Å². The quantitative estimate of drug-likeness (QED) is 0.387. The Labute approximate surface area is 208 Å². The van der Waals surface area contributed by atoms with Gasteiger partial charge >= 0.3 is 23.9 Å². The van der Waals surface area contributed by atoms with Gasteiger partial charge in [0.2, 0.25) is 0 Å². The standard InChI is InChI=1S/C6H15N.3C6H11.2ClH.Sn/c1-4-7(5-2)6-3;3*1-2-4-6-5-3-1;;;/h4-6H2,1-3H3;3*1H,2-6H2;2*1H;/q;3*-1;;;+4/p-2. The summed E-state index contributed by atoms with van der Waals surface area (Å²) in [6, 6.07) is 0. The molecule has 0 unspecified atom stereocenters. The predicted molar refractivity (Wildman–Crippen MR) is 121 cm³/mol. The zero-order chi connectivity index (χ0) is 18.4. The Balaban J connectivity index is -0.000000132. The molecule has 0 aromatic rings. The second-order valence-electron chi connectivity index (χ2n) is 7.40. The Hall–Kier alpha value is 1.34. The molecule has 0 amide bonds. The Morgan fingerprint density at radius 2 is 0.679 bits per heavy atom. The van der Waals surface area contributed by atoms with E-state index in [2.05, 4.69) is 44.9 Å². The van der Waals surface area contributed by atoms with Crippen LogP contribution in [0.5, 0.6) is 0 Å². The molecule has 0 aromatic carbocycles. The third kappa shape index (κ3) is 29.5. The molecular formula is C24H48Cl2NSn-. The predicted octanol–water partition coefficient (Wildman–Crippen LogP) is 1.44. The van der Waals surface area contributed by atoms with Gasteiger partial charge in [0.25, 0.3) is 0 Å². The van der Waals surface area contributed by atoms with Gasteiger partial charge in [-0.15, -0.1) is 0 Å². The Morgan fingerprint density at radius 1 is 0.464 bits per heavy atom. The normalized spacial score (nSPS) is 18.0. The molecule has 3 rings (SSSR count). The molecule has 3 aliphatic carbocycles. The maximum Gasteiger partial charge on any atom is 4.00 e. The maximum absolute atomic E-state index is 2.39. The van der Waals surface area contributed by atoms with Crippen LogP contribution in [0.4, 0.5) is 0 Å². The van der Waals surface area contributed by atoms with Gasteiger partial charge in [-0.3, -0.25) is 0 Å². The molecule has 3 saturated carbocycles. The molecule has 3 fully saturated rings. The molecule has 0 spiro atoms. The Bertz CT molecular complexity index is 158. The van der Waals surface area contributed by atoms with Gasteiger partial charge in [-0.25, -0.2) is 0 Å². The van der Waals surface area contributed by atoms with E-state index in [-0.39, 0.29) is 48.7 Å². The van der Waals surface area contributed by atoms with Crippen molar-refractivity contribution in [2.45, 2.75) is 117 Å². The van der Waals surface area contributed by atoms with E-state index in [4.69, 9.17) is 0 Å². The van der Waals surface area contributed by atoms with Gasteiger partial charge in [-0.05, 0) is 19.6 Å². The third-order valence-electron chi connectivity index (χ3n) is 5.29. The first-order valence-electron chi connectivity index (χ1n) is 11.5. The second kappa shape index (κ2) is 33.0. The van der Waals surface area contributed by atoms with E-state index in [1.54, 1.807) is 0 Å². The van der Waals surface area contributed by atoms with Crippen LogP contribution in [0.1, 0.15) is 117 Å². The first kappa shape index (κ1) is 36.7. The van der Waals surface area contributed by atoms with E-state index >= 15 is 0 Å². The molecule has 28 heavy (non-hydrogen) atoms. The second-order valence-corrected chi connectivity index (χ2v) is 7.40. The molecule has 0 heterocycles. The summed E-state index contributed by atoms with van der Waals surface area (Å²) in [5, 5.41) is 0. The largest absolute Gasteiger partial charge is 4.00 e. The van der Waals surface area contributed by atoms with Crippen LogP contribution in [0.15, 0.2) is 0 Å². The number of halogens is 2. The van der Waals surface area contributed by atoms with Gasteiger partial charge in [0, 0.05) is 0 Å². The maximum atomic E-state index is 2.39. The van der Waals surface area contributed by atoms with E-state index in [1.165, 1.54) is 116 Å². The van der Waals surface area contributed by atoms with E-state index < -0.39 is 0 Å². The van der Waals surface area contributed by atoms with Crippen LogP contribution in [0.3, 0.4) is 0 Å². The summed E-state index contributed by atoms with van der Waals surface area (Å²) in [5.41, 5.74) is 0. The summed E-state index contributed by atoms with van der Waals surface area (Å²) in [4.78, 5) is 2.38. The number of rotatable bonds is 3. The van der Waals surface area contributed by atoms with Gasteiger partial charge < -0.3 is 49.0 Å². The average Bonchev–Trinajstić information content (AvgIpc) is 2.75. The molecule has 1 nitrogen and oxygen atoms in total. The van der Waals surface area contributed by atoms with Crippen molar-refractivity contribution >= 4 is 23.9 Å². The van der Waals surface area contributed by atoms with Crippen molar-refractivity contribution in [3.8, 4) is 0 Å². The van der Waals surface area contributed by atoms with Crippen LogP contribution in [0.25, 0.3) is 0 Å². The van der Waals surface area contributed by atoms with Crippen molar-refractivity contribution in [3.05, 3.63) is 19.3 Å². The van der Waals surface area contributed by atoms with Crippen LogP contribution in [-0.2, 0) is 0 Å².